The van der Waals surface area contributed by atoms with Gasteiger partial charge in [-0.3, -0.25) is 4.79 Å². The van der Waals surface area contributed by atoms with Crippen molar-refractivity contribution in [2.45, 2.75) is 45.3 Å². The number of hydrogen-bond acceptors (Lipinski definition) is 3. The Labute approximate surface area is 125 Å². The molecule has 1 atom stereocenters. The minimum atomic E-state index is -0.779. The Morgan fingerprint density at radius 1 is 1.24 bits per heavy atom. The maximum absolute atomic E-state index is 11.9. The molecule has 5 heteroatoms. The van der Waals surface area contributed by atoms with E-state index in [1.807, 2.05) is 37.3 Å². The fraction of sp³-hybridized carbons (Fsp3) is 0.500. The molecule has 116 valence electrons. The second-order valence-electron chi connectivity index (χ2n) is 5.14. The molecule has 1 aromatic carbocycles. The Hall–Kier alpha value is -2.04. The van der Waals surface area contributed by atoms with Crippen LogP contribution in [0.1, 0.15) is 38.2 Å². The first-order valence-electron chi connectivity index (χ1n) is 7.16. The van der Waals surface area contributed by atoms with Gasteiger partial charge in [0.1, 0.15) is 6.61 Å². The molecule has 1 aromatic rings. The summed E-state index contributed by atoms with van der Waals surface area (Å²) in [4.78, 5) is 23.9. The van der Waals surface area contributed by atoms with Crippen LogP contribution in [0.15, 0.2) is 30.3 Å². The van der Waals surface area contributed by atoms with Crippen LogP contribution in [0.3, 0.4) is 0 Å². The van der Waals surface area contributed by atoms with E-state index in [0.29, 0.717) is 6.42 Å². The van der Waals surface area contributed by atoms with Gasteiger partial charge in [0.25, 0.3) is 0 Å². The molecule has 0 aromatic heterocycles. The van der Waals surface area contributed by atoms with Crippen LogP contribution < -0.4 is 0 Å². The highest BCUT2D eigenvalue weighted by molar-refractivity contribution is 5.67. The van der Waals surface area contributed by atoms with Gasteiger partial charge in [-0.05, 0) is 25.3 Å². The van der Waals surface area contributed by atoms with E-state index < -0.39 is 5.97 Å². The summed E-state index contributed by atoms with van der Waals surface area (Å²) in [6.45, 7) is 2.19. The molecule has 0 saturated heterocycles. The number of carbonyl (C=O) groups excluding carboxylic acids is 1. The maximum Gasteiger partial charge on any atom is 0.410 e. The van der Waals surface area contributed by atoms with Gasteiger partial charge in [-0.15, -0.1) is 0 Å². The van der Waals surface area contributed by atoms with Crippen LogP contribution in [0.25, 0.3) is 0 Å². The first-order chi connectivity index (χ1) is 10.0. The number of nitrogens with zero attached hydrogens (tertiary/aromatic N) is 1. The second kappa shape index (κ2) is 9.00. The van der Waals surface area contributed by atoms with E-state index >= 15 is 0 Å². The number of aliphatic carboxylic acids is 1. The van der Waals surface area contributed by atoms with Gasteiger partial charge in [-0.2, -0.15) is 0 Å². The first kappa shape index (κ1) is 17.0. The maximum atomic E-state index is 11.9. The number of rotatable bonds is 8. The van der Waals surface area contributed by atoms with Crippen LogP contribution in [0.4, 0.5) is 4.79 Å². The van der Waals surface area contributed by atoms with Crippen LogP contribution in [0.5, 0.6) is 0 Å². The van der Waals surface area contributed by atoms with Crippen LogP contribution in [-0.2, 0) is 16.1 Å². The third-order valence-electron chi connectivity index (χ3n) is 3.42. The number of carbonyl (C=O) groups is 2. The minimum Gasteiger partial charge on any atom is -0.481 e. The summed E-state index contributed by atoms with van der Waals surface area (Å²) >= 11 is 0. The van der Waals surface area contributed by atoms with Gasteiger partial charge in [0.15, 0.2) is 0 Å². The zero-order valence-electron chi connectivity index (χ0n) is 12.6. The van der Waals surface area contributed by atoms with E-state index in [9.17, 15) is 9.59 Å². The first-order valence-corrected chi connectivity index (χ1v) is 7.16. The molecule has 1 amide bonds. The van der Waals surface area contributed by atoms with Gasteiger partial charge >= 0.3 is 12.1 Å². The zero-order chi connectivity index (χ0) is 15.7. The zero-order valence-corrected chi connectivity index (χ0v) is 12.6. The van der Waals surface area contributed by atoms with Crippen molar-refractivity contribution in [3.63, 3.8) is 0 Å². The molecular weight excluding hydrogens is 270 g/mol. The molecule has 0 bridgehead atoms. The molecule has 0 aliphatic heterocycles. The van der Waals surface area contributed by atoms with Crippen molar-refractivity contribution in [1.82, 2.24) is 4.90 Å². The Kier molecular flexibility index (Phi) is 7.29. The van der Waals surface area contributed by atoms with Gasteiger partial charge in [-0.1, -0.05) is 36.8 Å². The summed E-state index contributed by atoms with van der Waals surface area (Å²) in [5.41, 5.74) is 0.952. The Morgan fingerprint density at radius 3 is 2.52 bits per heavy atom. The number of amides is 1. The average molecular weight is 293 g/mol. The molecule has 0 fully saturated rings. The molecule has 0 saturated carbocycles. The highest BCUT2D eigenvalue weighted by Gasteiger charge is 2.16. The number of carboxylic acids is 1. The third kappa shape index (κ3) is 6.79. The smallest absolute Gasteiger partial charge is 0.410 e. The molecule has 1 N–H and O–H groups in total. The third-order valence-corrected chi connectivity index (χ3v) is 3.42. The number of benzene rings is 1. The van der Waals surface area contributed by atoms with Crippen LogP contribution >= 0.6 is 0 Å². The predicted molar refractivity (Wildman–Crippen MR) is 80.0 cm³/mol. The number of carboxylic acid groups (broad SMARTS) is 1. The molecule has 5 nitrogen and oxygen atoms in total. The highest BCUT2D eigenvalue weighted by atomic mass is 16.6. The molecule has 1 unspecified atom stereocenters. The minimum absolute atomic E-state index is 0.0297. The Bertz CT molecular complexity index is 447. The van der Waals surface area contributed by atoms with E-state index in [2.05, 4.69) is 0 Å². The Morgan fingerprint density at radius 2 is 1.90 bits per heavy atom. The van der Waals surface area contributed by atoms with Crippen LogP contribution in [-0.4, -0.2) is 35.2 Å². The molecule has 0 aliphatic rings. The van der Waals surface area contributed by atoms with Crippen molar-refractivity contribution in [3.05, 3.63) is 35.9 Å². The van der Waals surface area contributed by atoms with E-state index in [-0.39, 0.29) is 25.2 Å². The summed E-state index contributed by atoms with van der Waals surface area (Å²) in [5.74, 6) is -0.779. The lowest BCUT2D eigenvalue weighted by molar-refractivity contribution is -0.137. The van der Waals surface area contributed by atoms with Gasteiger partial charge in [0, 0.05) is 19.5 Å². The monoisotopic (exact) mass is 293 g/mol. The van der Waals surface area contributed by atoms with Gasteiger partial charge in [0.2, 0.25) is 0 Å². The normalized spacial score (nSPS) is 11.7. The summed E-state index contributed by atoms with van der Waals surface area (Å²) in [6, 6.07) is 9.56. The SMILES string of the molecule is CC(CCCCC(=O)O)N(C)C(=O)OCc1ccccc1. The van der Waals surface area contributed by atoms with Crippen molar-refractivity contribution in [3.8, 4) is 0 Å². The van der Waals surface area contributed by atoms with Gasteiger partial charge in [-0.25, -0.2) is 4.79 Å². The lowest BCUT2D eigenvalue weighted by atomic mass is 10.1. The standard InChI is InChI=1S/C16H23NO4/c1-13(8-6-7-11-15(18)19)17(2)16(20)21-12-14-9-4-3-5-10-14/h3-5,9-10,13H,6-8,11-12H2,1-2H3,(H,18,19). The van der Waals surface area contributed by atoms with Crippen molar-refractivity contribution in [1.29, 1.82) is 0 Å². The van der Waals surface area contributed by atoms with Crippen LogP contribution in [0.2, 0.25) is 0 Å². The van der Waals surface area contributed by atoms with E-state index in [0.717, 1.165) is 18.4 Å². The number of unbranched alkanes of at least 4 members (excludes halogenated alkanes) is 1. The van der Waals surface area contributed by atoms with E-state index in [4.69, 9.17) is 9.84 Å². The molecule has 21 heavy (non-hydrogen) atoms. The summed E-state index contributed by atoms with van der Waals surface area (Å²) in [7, 11) is 1.70. The van der Waals surface area contributed by atoms with Crippen molar-refractivity contribution >= 4 is 12.1 Å². The fourth-order valence-electron chi connectivity index (χ4n) is 1.91. The number of hydrogen-bond donors (Lipinski definition) is 1. The van der Waals surface area contributed by atoms with E-state index in [1.165, 1.54) is 0 Å². The topological polar surface area (TPSA) is 66.8 Å². The van der Waals surface area contributed by atoms with Crippen LogP contribution in [0, 0.1) is 0 Å². The van der Waals surface area contributed by atoms with E-state index in [1.54, 1.807) is 11.9 Å². The summed E-state index contributed by atoms with van der Waals surface area (Å²) < 4.78 is 5.25. The van der Waals surface area contributed by atoms with Crippen molar-refractivity contribution in [2.75, 3.05) is 7.05 Å². The lowest BCUT2D eigenvalue weighted by Crippen LogP contribution is -2.35. The average Bonchev–Trinajstić information content (AvgIpc) is 2.49. The number of ether oxygens (including phenoxy) is 1. The molecular formula is C16H23NO4. The molecule has 0 spiro atoms. The van der Waals surface area contributed by atoms with Gasteiger partial charge in [0.05, 0.1) is 0 Å². The predicted octanol–water partition coefficient (Wildman–Crippen LogP) is 3.29. The lowest BCUT2D eigenvalue weighted by Gasteiger charge is -2.24. The second-order valence-corrected chi connectivity index (χ2v) is 5.14. The quantitative estimate of drug-likeness (QED) is 0.747. The fourth-order valence-corrected chi connectivity index (χ4v) is 1.91. The molecule has 1 rings (SSSR count). The molecule has 0 radical (unpaired) electrons. The largest absolute Gasteiger partial charge is 0.481 e. The summed E-state index contributed by atoms with van der Waals surface area (Å²) in [6.07, 6.45) is 2.00. The highest BCUT2D eigenvalue weighted by Crippen LogP contribution is 2.10. The van der Waals surface area contributed by atoms with Crippen molar-refractivity contribution < 1.29 is 19.4 Å². The summed E-state index contributed by atoms with van der Waals surface area (Å²) in [5, 5.41) is 8.57. The molecule has 0 aliphatic carbocycles. The Balaban J connectivity index is 2.27. The van der Waals surface area contributed by atoms with Gasteiger partial charge < -0.3 is 14.7 Å². The van der Waals surface area contributed by atoms with Crippen molar-refractivity contribution in [2.24, 2.45) is 0 Å². The molecule has 0 heterocycles.